The summed E-state index contributed by atoms with van der Waals surface area (Å²) < 4.78 is 33.2. The number of anilines is 2. The van der Waals surface area contributed by atoms with E-state index in [4.69, 9.17) is 5.11 Å². The number of hydrogen-bond donors (Lipinski definition) is 2. The molecule has 7 heteroatoms. The van der Waals surface area contributed by atoms with Gasteiger partial charge in [-0.05, 0) is 24.3 Å². The summed E-state index contributed by atoms with van der Waals surface area (Å²) >= 11 is 0. The van der Waals surface area contributed by atoms with Gasteiger partial charge in [0, 0.05) is 0 Å². The largest absolute Gasteiger partial charge is 0.478 e. The second-order valence-electron chi connectivity index (χ2n) is 3.90. The summed E-state index contributed by atoms with van der Waals surface area (Å²) in [4.78, 5) is 11.2. The molecule has 2 rings (SSSR count). The van der Waals surface area contributed by atoms with E-state index in [1.165, 1.54) is 36.4 Å². The van der Waals surface area contributed by atoms with E-state index in [0.717, 1.165) is 0 Å². The average Bonchev–Trinajstić information content (AvgIpc) is 2.39. The Morgan fingerprint density at radius 1 is 0.950 bits per heavy atom. The number of carboxylic acid groups (broad SMARTS) is 1. The van der Waals surface area contributed by atoms with E-state index >= 15 is 0 Å². The van der Waals surface area contributed by atoms with Crippen LogP contribution >= 0.6 is 0 Å². The maximum absolute atomic E-state index is 11.6. The van der Waals surface area contributed by atoms with Crippen molar-refractivity contribution < 1.29 is 22.9 Å². The first-order valence-electron chi connectivity index (χ1n) is 5.56. The molecule has 2 aromatic carbocycles. The van der Waals surface area contributed by atoms with Crippen LogP contribution in [0.5, 0.6) is 0 Å². The van der Waals surface area contributed by atoms with Crippen molar-refractivity contribution in [2.75, 3.05) is 4.31 Å². The van der Waals surface area contributed by atoms with Gasteiger partial charge in [0.15, 0.2) is 0 Å². The number of hydrogen-bond acceptors (Lipinski definition) is 3. The molecule has 0 aliphatic rings. The standard InChI is InChI=1S/C13H11NO5S/c15-13(16)11-8-4-5-9-12(11)14(20(17,18)19)10-6-2-1-3-7-10/h1-9H,(H,15,16)(H,17,18,19). The minimum atomic E-state index is -4.66. The van der Waals surface area contributed by atoms with Gasteiger partial charge in [0.25, 0.3) is 0 Å². The summed E-state index contributed by atoms with van der Waals surface area (Å²) in [6.45, 7) is 0. The predicted octanol–water partition coefficient (Wildman–Crippen LogP) is 2.33. The van der Waals surface area contributed by atoms with E-state index < -0.39 is 16.3 Å². The molecule has 104 valence electrons. The number of rotatable bonds is 4. The van der Waals surface area contributed by atoms with E-state index in [2.05, 4.69) is 0 Å². The molecule has 2 N–H and O–H groups in total. The predicted molar refractivity (Wildman–Crippen MR) is 73.5 cm³/mol. The van der Waals surface area contributed by atoms with Gasteiger partial charge in [-0.2, -0.15) is 8.42 Å². The third-order valence-electron chi connectivity index (χ3n) is 2.57. The zero-order valence-electron chi connectivity index (χ0n) is 10.2. The molecule has 6 nitrogen and oxygen atoms in total. The third-order valence-corrected chi connectivity index (χ3v) is 3.44. The van der Waals surface area contributed by atoms with Crippen LogP contribution in [0.25, 0.3) is 0 Å². The first kappa shape index (κ1) is 14.0. The lowest BCUT2D eigenvalue weighted by molar-refractivity contribution is 0.0698. The topological polar surface area (TPSA) is 94.9 Å². The van der Waals surface area contributed by atoms with Crippen LogP contribution in [-0.4, -0.2) is 24.0 Å². The van der Waals surface area contributed by atoms with Crippen LogP contribution in [0.15, 0.2) is 54.6 Å². The van der Waals surface area contributed by atoms with Crippen molar-refractivity contribution in [1.82, 2.24) is 0 Å². The molecule has 20 heavy (non-hydrogen) atoms. The maximum atomic E-state index is 11.6. The number of benzene rings is 2. The minimum Gasteiger partial charge on any atom is -0.478 e. The van der Waals surface area contributed by atoms with Crippen LogP contribution in [0.3, 0.4) is 0 Å². The molecular formula is C13H11NO5S. The summed E-state index contributed by atoms with van der Waals surface area (Å²) in [6.07, 6.45) is 0. The molecule has 0 atom stereocenters. The zero-order valence-corrected chi connectivity index (χ0v) is 11.0. The van der Waals surface area contributed by atoms with Crippen molar-refractivity contribution in [2.24, 2.45) is 0 Å². The number of para-hydroxylation sites is 2. The number of aromatic carboxylic acids is 1. The molecule has 0 aliphatic carbocycles. The quantitative estimate of drug-likeness (QED) is 0.843. The molecule has 0 aliphatic heterocycles. The number of carbonyl (C=O) groups is 1. The first-order chi connectivity index (χ1) is 9.41. The summed E-state index contributed by atoms with van der Waals surface area (Å²) in [5.74, 6) is -1.29. The fraction of sp³-hybridized carbons (Fsp3) is 0. The molecule has 0 aromatic heterocycles. The number of carboxylic acids is 1. The van der Waals surface area contributed by atoms with Gasteiger partial charge in [0.2, 0.25) is 0 Å². The van der Waals surface area contributed by atoms with Gasteiger partial charge in [0.1, 0.15) is 0 Å². The molecule has 0 radical (unpaired) electrons. The summed E-state index contributed by atoms with van der Waals surface area (Å²) in [5, 5.41) is 9.12. The molecule has 0 amide bonds. The van der Waals surface area contributed by atoms with Crippen molar-refractivity contribution in [3.8, 4) is 0 Å². The fourth-order valence-corrected chi connectivity index (χ4v) is 2.59. The highest BCUT2D eigenvalue weighted by molar-refractivity contribution is 7.87. The molecule has 2 aromatic rings. The molecule has 0 heterocycles. The maximum Gasteiger partial charge on any atom is 0.364 e. The van der Waals surface area contributed by atoms with Crippen LogP contribution in [0.2, 0.25) is 0 Å². The van der Waals surface area contributed by atoms with E-state index in [0.29, 0.717) is 4.31 Å². The highest BCUT2D eigenvalue weighted by Gasteiger charge is 2.26. The van der Waals surface area contributed by atoms with Gasteiger partial charge in [-0.3, -0.25) is 4.55 Å². The van der Waals surface area contributed by atoms with Gasteiger partial charge >= 0.3 is 16.3 Å². The van der Waals surface area contributed by atoms with Crippen molar-refractivity contribution in [3.63, 3.8) is 0 Å². The van der Waals surface area contributed by atoms with Gasteiger partial charge < -0.3 is 5.11 Å². The van der Waals surface area contributed by atoms with E-state index in [-0.39, 0.29) is 16.9 Å². The van der Waals surface area contributed by atoms with Crippen molar-refractivity contribution in [1.29, 1.82) is 0 Å². The zero-order chi connectivity index (χ0) is 14.8. The van der Waals surface area contributed by atoms with Crippen LogP contribution < -0.4 is 4.31 Å². The Morgan fingerprint density at radius 3 is 2.05 bits per heavy atom. The van der Waals surface area contributed by atoms with Crippen molar-refractivity contribution in [3.05, 3.63) is 60.2 Å². The smallest absolute Gasteiger partial charge is 0.364 e. The molecule has 0 unspecified atom stereocenters. The SMILES string of the molecule is O=C(O)c1ccccc1N(c1ccccc1)S(=O)(=O)O. The summed E-state index contributed by atoms with van der Waals surface area (Å²) in [7, 11) is -4.66. The van der Waals surface area contributed by atoms with E-state index in [1.54, 1.807) is 18.2 Å². The molecule has 0 fully saturated rings. The summed E-state index contributed by atoms with van der Waals surface area (Å²) in [5.41, 5.74) is -0.216. The minimum absolute atomic E-state index is 0.131. The van der Waals surface area contributed by atoms with Crippen molar-refractivity contribution >= 4 is 27.6 Å². The van der Waals surface area contributed by atoms with Crippen LogP contribution in [0.1, 0.15) is 10.4 Å². The highest BCUT2D eigenvalue weighted by atomic mass is 32.2. The fourth-order valence-electron chi connectivity index (χ4n) is 1.79. The Kier molecular flexibility index (Phi) is 3.73. The Morgan fingerprint density at radius 2 is 1.50 bits per heavy atom. The summed E-state index contributed by atoms with van der Waals surface area (Å²) in [6, 6.07) is 13.3. The van der Waals surface area contributed by atoms with Crippen molar-refractivity contribution in [2.45, 2.75) is 0 Å². The van der Waals surface area contributed by atoms with E-state index in [9.17, 15) is 17.8 Å². The van der Waals surface area contributed by atoms with Gasteiger partial charge in [-0.15, -0.1) is 0 Å². The van der Waals surface area contributed by atoms with Gasteiger partial charge in [0.05, 0.1) is 16.9 Å². The third kappa shape index (κ3) is 2.79. The second kappa shape index (κ2) is 5.32. The Labute approximate surface area is 115 Å². The molecular weight excluding hydrogens is 282 g/mol. The Bertz CT molecular complexity index is 727. The van der Waals surface area contributed by atoms with Gasteiger partial charge in [-0.1, -0.05) is 30.3 Å². The van der Waals surface area contributed by atoms with Crippen LogP contribution in [0, 0.1) is 0 Å². The Balaban J connectivity index is 2.69. The second-order valence-corrected chi connectivity index (χ2v) is 5.16. The molecule has 0 bridgehead atoms. The van der Waals surface area contributed by atoms with Gasteiger partial charge in [-0.25, -0.2) is 9.10 Å². The van der Waals surface area contributed by atoms with Crippen LogP contribution in [-0.2, 0) is 10.3 Å². The lowest BCUT2D eigenvalue weighted by atomic mass is 10.1. The average molecular weight is 293 g/mol. The Hall–Kier alpha value is -2.38. The molecule has 0 saturated heterocycles. The van der Waals surface area contributed by atoms with E-state index in [1.807, 2.05) is 0 Å². The lowest BCUT2D eigenvalue weighted by Gasteiger charge is -2.22. The monoisotopic (exact) mass is 293 g/mol. The van der Waals surface area contributed by atoms with Crippen LogP contribution in [0.4, 0.5) is 11.4 Å². The molecule has 0 spiro atoms. The molecule has 0 saturated carbocycles. The highest BCUT2D eigenvalue weighted by Crippen LogP contribution is 2.30. The first-order valence-corrected chi connectivity index (χ1v) is 6.96. The number of nitrogens with zero attached hydrogens (tertiary/aromatic N) is 1. The lowest BCUT2D eigenvalue weighted by Crippen LogP contribution is -2.26. The normalized spacial score (nSPS) is 11.1.